The Morgan fingerprint density at radius 3 is 2.48 bits per heavy atom. The number of anilines is 1. The average Bonchev–Trinajstić information content (AvgIpc) is 2.67. The maximum atomic E-state index is 12.7. The number of ether oxygens (including phenoxy) is 1. The van der Waals surface area contributed by atoms with Crippen molar-refractivity contribution < 1.29 is 22.7 Å². The van der Waals surface area contributed by atoms with Crippen LogP contribution in [0.2, 0.25) is 0 Å². The minimum atomic E-state index is -4.01. The summed E-state index contributed by atoms with van der Waals surface area (Å²) in [7, 11) is -2.79. The van der Waals surface area contributed by atoms with Crippen LogP contribution in [0.15, 0.2) is 53.4 Å². The zero-order chi connectivity index (χ0) is 20.0. The van der Waals surface area contributed by atoms with E-state index in [1.807, 2.05) is 13.8 Å². The predicted octanol–water partition coefficient (Wildman–Crippen LogP) is 2.80. The van der Waals surface area contributed by atoms with E-state index in [2.05, 4.69) is 14.8 Å². The van der Waals surface area contributed by atoms with Crippen molar-refractivity contribution in [2.75, 3.05) is 11.8 Å². The Morgan fingerprint density at radius 1 is 1.11 bits per heavy atom. The van der Waals surface area contributed by atoms with E-state index in [9.17, 15) is 18.0 Å². The lowest BCUT2D eigenvalue weighted by Crippen LogP contribution is -2.32. The quantitative estimate of drug-likeness (QED) is 0.708. The van der Waals surface area contributed by atoms with E-state index in [-0.39, 0.29) is 33.7 Å². The summed E-state index contributed by atoms with van der Waals surface area (Å²) < 4.78 is 32.5. The minimum Gasteiger partial charge on any atom is -0.465 e. The molecule has 144 valence electrons. The van der Waals surface area contributed by atoms with E-state index in [1.54, 1.807) is 18.2 Å². The molecule has 1 atom stereocenters. The fraction of sp³-hybridized carbons (Fsp3) is 0.263. The first kappa shape index (κ1) is 20.4. The van der Waals surface area contributed by atoms with Gasteiger partial charge >= 0.3 is 5.97 Å². The van der Waals surface area contributed by atoms with Crippen LogP contribution in [0.4, 0.5) is 5.69 Å². The number of carbonyl (C=O) groups excluding carboxylic acids is 2. The SMILES string of the molecule is CC[C@@H](C)NC(=O)c1ccccc1NS(=O)(=O)c1cccc(C(=O)OC)c1. The molecule has 2 aromatic rings. The van der Waals surface area contributed by atoms with Gasteiger partial charge in [-0.05, 0) is 43.7 Å². The van der Waals surface area contributed by atoms with E-state index in [4.69, 9.17) is 0 Å². The van der Waals surface area contributed by atoms with Gasteiger partial charge in [0.05, 0.1) is 28.8 Å². The predicted molar refractivity (Wildman–Crippen MR) is 102 cm³/mol. The van der Waals surface area contributed by atoms with Crippen molar-refractivity contribution in [1.29, 1.82) is 0 Å². The highest BCUT2D eigenvalue weighted by atomic mass is 32.2. The first-order valence-electron chi connectivity index (χ1n) is 8.39. The van der Waals surface area contributed by atoms with Crippen LogP contribution in [-0.4, -0.2) is 33.4 Å². The van der Waals surface area contributed by atoms with Gasteiger partial charge in [0, 0.05) is 6.04 Å². The van der Waals surface area contributed by atoms with Gasteiger partial charge in [0.15, 0.2) is 0 Å². The third kappa shape index (κ3) is 5.07. The first-order valence-corrected chi connectivity index (χ1v) is 9.88. The molecule has 0 radical (unpaired) electrons. The summed E-state index contributed by atoms with van der Waals surface area (Å²) in [4.78, 5) is 24.0. The summed E-state index contributed by atoms with van der Waals surface area (Å²) in [6, 6.07) is 11.8. The highest BCUT2D eigenvalue weighted by Crippen LogP contribution is 2.21. The molecule has 1 amide bonds. The molecule has 7 nitrogen and oxygen atoms in total. The van der Waals surface area contributed by atoms with Crippen LogP contribution in [0.1, 0.15) is 41.0 Å². The topological polar surface area (TPSA) is 102 Å². The lowest BCUT2D eigenvalue weighted by atomic mass is 10.1. The number of nitrogens with one attached hydrogen (secondary N) is 2. The van der Waals surface area contributed by atoms with Gasteiger partial charge < -0.3 is 10.1 Å². The second kappa shape index (κ2) is 8.68. The molecule has 8 heteroatoms. The molecule has 0 aliphatic carbocycles. The highest BCUT2D eigenvalue weighted by Gasteiger charge is 2.20. The zero-order valence-electron chi connectivity index (χ0n) is 15.4. The number of methoxy groups -OCH3 is 1. The molecular weight excluding hydrogens is 368 g/mol. The number of carbonyl (C=O) groups is 2. The van der Waals surface area contributed by atoms with Crippen LogP contribution >= 0.6 is 0 Å². The zero-order valence-corrected chi connectivity index (χ0v) is 16.2. The third-order valence-corrected chi connectivity index (χ3v) is 5.33. The number of para-hydroxylation sites is 1. The normalized spacial score (nSPS) is 12.1. The number of amides is 1. The van der Waals surface area contributed by atoms with Crippen molar-refractivity contribution in [3.63, 3.8) is 0 Å². The van der Waals surface area contributed by atoms with Crippen LogP contribution in [0.25, 0.3) is 0 Å². The van der Waals surface area contributed by atoms with Gasteiger partial charge in [0.1, 0.15) is 0 Å². The van der Waals surface area contributed by atoms with Gasteiger partial charge in [0.25, 0.3) is 15.9 Å². The number of hydrogen-bond donors (Lipinski definition) is 2. The van der Waals surface area contributed by atoms with E-state index in [0.29, 0.717) is 0 Å². The van der Waals surface area contributed by atoms with Crippen molar-refractivity contribution >= 4 is 27.6 Å². The van der Waals surface area contributed by atoms with Crippen molar-refractivity contribution in [3.8, 4) is 0 Å². The summed E-state index contributed by atoms with van der Waals surface area (Å²) >= 11 is 0. The number of sulfonamides is 1. The Hall–Kier alpha value is -2.87. The number of rotatable bonds is 7. The van der Waals surface area contributed by atoms with Crippen LogP contribution < -0.4 is 10.0 Å². The van der Waals surface area contributed by atoms with Gasteiger partial charge in [-0.15, -0.1) is 0 Å². The molecule has 0 fully saturated rings. The first-order chi connectivity index (χ1) is 12.8. The Kier molecular flexibility index (Phi) is 6.57. The smallest absolute Gasteiger partial charge is 0.337 e. The molecule has 0 spiro atoms. The molecule has 0 aliphatic heterocycles. The van der Waals surface area contributed by atoms with E-state index >= 15 is 0 Å². The molecule has 0 unspecified atom stereocenters. The Morgan fingerprint density at radius 2 is 1.81 bits per heavy atom. The molecular formula is C19H22N2O5S. The molecule has 2 rings (SSSR count). The van der Waals surface area contributed by atoms with Crippen LogP contribution in [-0.2, 0) is 14.8 Å². The largest absolute Gasteiger partial charge is 0.465 e. The molecule has 0 saturated carbocycles. The highest BCUT2D eigenvalue weighted by molar-refractivity contribution is 7.92. The summed E-state index contributed by atoms with van der Waals surface area (Å²) in [5.74, 6) is -1.01. The van der Waals surface area contributed by atoms with Gasteiger partial charge in [0.2, 0.25) is 0 Å². The summed E-state index contributed by atoms with van der Waals surface area (Å²) in [6.45, 7) is 3.80. The van der Waals surface area contributed by atoms with E-state index in [1.165, 1.54) is 37.4 Å². The maximum Gasteiger partial charge on any atom is 0.337 e. The van der Waals surface area contributed by atoms with Gasteiger partial charge in [-0.3, -0.25) is 9.52 Å². The average molecular weight is 390 g/mol. The number of esters is 1. The van der Waals surface area contributed by atoms with E-state index < -0.39 is 16.0 Å². The molecule has 0 bridgehead atoms. The molecule has 2 aromatic carbocycles. The Labute approximate surface area is 158 Å². The van der Waals surface area contributed by atoms with Crippen molar-refractivity contribution in [2.24, 2.45) is 0 Å². The Balaban J connectivity index is 2.34. The third-order valence-electron chi connectivity index (χ3n) is 3.97. The minimum absolute atomic E-state index is 0.0427. The standard InChI is InChI=1S/C19H22N2O5S/c1-4-13(2)20-18(22)16-10-5-6-11-17(16)21-27(24,25)15-9-7-8-14(12-15)19(23)26-3/h5-13,21H,4H2,1-3H3,(H,20,22)/t13-/m1/s1. The molecule has 0 saturated heterocycles. The van der Waals surface area contributed by atoms with Gasteiger partial charge in [-0.25, -0.2) is 13.2 Å². The number of hydrogen-bond acceptors (Lipinski definition) is 5. The van der Waals surface area contributed by atoms with Crippen molar-refractivity contribution in [1.82, 2.24) is 5.32 Å². The van der Waals surface area contributed by atoms with Gasteiger partial charge in [-0.2, -0.15) is 0 Å². The van der Waals surface area contributed by atoms with Gasteiger partial charge in [-0.1, -0.05) is 25.1 Å². The maximum absolute atomic E-state index is 12.7. The van der Waals surface area contributed by atoms with E-state index in [0.717, 1.165) is 6.42 Å². The monoisotopic (exact) mass is 390 g/mol. The second-order valence-corrected chi connectivity index (χ2v) is 7.64. The van der Waals surface area contributed by atoms with Crippen LogP contribution in [0, 0.1) is 0 Å². The fourth-order valence-electron chi connectivity index (χ4n) is 2.29. The van der Waals surface area contributed by atoms with Crippen LogP contribution in [0.5, 0.6) is 0 Å². The second-order valence-electron chi connectivity index (χ2n) is 5.95. The van der Waals surface area contributed by atoms with Crippen LogP contribution in [0.3, 0.4) is 0 Å². The molecule has 27 heavy (non-hydrogen) atoms. The number of benzene rings is 2. The van der Waals surface area contributed by atoms with Crippen molar-refractivity contribution in [2.45, 2.75) is 31.2 Å². The molecule has 0 aromatic heterocycles. The molecule has 0 heterocycles. The summed E-state index contributed by atoms with van der Waals surface area (Å²) in [5, 5.41) is 2.81. The summed E-state index contributed by atoms with van der Waals surface area (Å²) in [5.41, 5.74) is 0.482. The van der Waals surface area contributed by atoms with Crippen molar-refractivity contribution in [3.05, 3.63) is 59.7 Å². The summed E-state index contributed by atoms with van der Waals surface area (Å²) in [6.07, 6.45) is 0.750. The molecule has 2 N–H and O–H groups in total. The fourth-order valence-corrected chi connectivity index (χ4v) is 3.41. The lowest BCUT2D eigenvalue weighted by molar-refractivity contribution is 0.0600. The lowest BCUT2D eigenvalue weighted by Gasteiger charge is -2.15. The Bertz CT molecular complexity index is 941. The molecule has 0 aliphatic rings.